The molecule has 47 heavy (non-hydrogen) atoms. The number of nitrogens with two attached hydrogens (primary N) is 1. The highest BCUT2D eigenvalue weighted by molar-refractivity contribution is 5.95. The fraction of sp³-hybridized carbons (Fsp3) is 0.533. The van der Waals surface area contributed by atoms with Gasteiger partial charge in [0.2, 0.25) is 23.6 Å². The molecule has 1 aromatic rings. The number of alkyl carbamates (subject to hydrolysis) is 1. The number of carboxylic acids is 2. The molecule has 1 saturated heterocycles. The highest BCUT2D eigenvalue weighted by atomic mass is 19.1. The third-order valence-corrected chi connectivity index (χ3v) is 7.11. The minimum atomic E-state index is -1.71. The average Bonchev–Trinajstić information content (AvgIpc) is 3.50. The molecule has 17 heteroatoms. The van der Waals surface area contributed by atoms with Crippen molar-refractivity contribution in [2.45, 2.75) is 90.1 Å². The van der Waals surface area contributed by atoms with Crippen molar-refractivity contribution < 1.29 is 57.7 Å². The molecule has 1 aliphatic rings. The lowest BCUT2D eigenvalue weighted by Crippen LogP contribution is -2.58. The van der Waals surface area contributed by atoms with E-state index in [1.165, 1.54) is 0 Å². The summed E-state index contributed by atoms with van der Waals surface area (Å²) in [5.74, 6) is -6.41. The number of likely N-dealkylation sites (tertiary alicyclic amines) is 1. The first-order valence-corrected chi connectivity index (χ1v) is 14.8. The molecular formula is C30H42FN5O11. The van der Waals surface area contributed by atoms with Crippen molar-refractivity contribution in [2.24, 2.45) is 11.7 Å². The number of amides is 5. The van der Waals surface area contributed by atoms with Crippen LogP contribution in [0.1, 0.15) is 64.9 Å². The Balaban J connectivity index is 0.00000260. The summed E-state index contributed by atoms with van der Waals surface area (Å²) in [7, 11) is 0. The topological polar surface area (TPSA) is 252 Å². The summed E-state index contributed by atoms with van der Waals surface area (Å²) in [6, 6.07) is 2.31. The maximum absolute atomic E-state index is 13.6. The van der Waals surface area contributed by atoms with Crippen molar-refractivity contribution in [2.75, 3.05) is 6.54 Å². The third-order valence-electron chi connectivity index (χ3n) is 7.11. The number of nitrogens with one attached hydrogen (secondary N) is 3. The second kappa shape index (κ2) is 20.1. The van der Waals surface area contributed by atoms with Crippen molar-refractivity contribution in [1.29, 1.82) is 0 Å². The number of benzene rings is 1. The van der Waals surface area contributed by atoms with Crippen LogP contribution in [0.2, 0.25) is 0 Å². The number of primary amides is 1. The molecule has 0 spiro atoms. The molecule has 1 aliphatic heterocycles. The van der Waals surface area contributed by atoms with Gasteiger partial charge in [-0.2, -0.15) is 4.39 Å². The molecule has 7 N–H and O–H groups in total. The highest BCUT2D eigenvalue weighted by Gasteiger charge is 2.40. The molecular weight excluding hydrogens is 625 g/mol. The van der Waals surface area contributed by atoms with Gasteiger partial charge in [-0.15, -0.1) is 0 Å². The van der Waals surface area contributed by atoms with Gasteiger partial charge in [0.05, 0.1) is 6.42 Å². The van der Waals surface area contributed by atoms with Crippen LogP contribution in [0.5, 0.6) is 0 Å². The molecule has 260 valence electrons. The van der Waals surface area contributed by atoms with Gasteiger partial charge in [-0.05, 0) is 30.7 Å². The Morgan fingerprint density at radius 1 is 1.02 bits per heavy atom. The van der Waals surface area contributed by atoms with E-state index in [1.807, 2.05) is 6.07 Å². The van der Waals surface area contributed by atoms with Crippen LogP contribution in [0.25, 0.3) is 0 Å². The minimum absolute atomic E-state index is 0.0329. The minimum Gasteiger partial charge on any atom is -0.481 e. The summed E-state index contributed by atoms with van der Waals surface area (Å²) in [6.45, 7) is 4.45. The summed E-state index contributed by atoms with van der Waals surface area (Å²) in [6.07, 6.45) is -1.17. The van der Waals surface area contributed by atoms with Crippen LogP contribution in [0.3, 0.4) is 0 Å². The van der Waals surface area contributed by atoms with Gasteiger partial charge in [-0.1, -0.05) is 50.6 Å². The van der Waals surface area contributed by atoms with Crippen LogP contribution >= 0.6 is 0 Å². The number of carboxylic acid groups (broad SMARTS) is 2. The first-order chi connectivity index (χ1) is 22.1. The molecule has 2 rings (SSSR count). The van der Waals surface area contributed by atoms with Gasteiger partial charge in [-0.25, -0.2) is 9.59 Å². The zero-order valence-corrected chi connectivity index (χ0v) is 26.4. The van der Waals surface area contributed by atoms with E-state index in [-0.39, 0.29) is 38.3 Å². The summed E-state index contributed by atoms with van der Waals surface area (Å²) in [4.78, 5) is 96.4. The molecule has 0 aromatic heterocycles. The molecule has 0 radical (unpaired) electrons. The van der Waals surface area contributed by atoms with Crippen molar-refractivity contribution in [3.63, 3.8) is 0 Å². The Bertz CT molecular complexity index is 1280. The number of nitrogens with zero attached hydrogens (tertiary/aromatic N) is 1. The Morgan fingerprint density at radius 2 is 1.64 bits per heavy atom. The van der Waals surface area contributed by atoms with Gasteiger partial charge in [0.1, 0.15) is 30.8 Å². The average molecular weight is 668 g/mol. The fourth-order valence-corrected chi connectivity index (χ4v) is 4.55. The molecule has 1 fully saturated rings. The molecule has 0 unspecified atom stereocenters. The van der Waals surface area contributed by atoms with E-state index < -0.39 is 78.3 Å². The Labute approximate surface area is 270 Å². The van der Waals surface area contributed by atoms with Crippen LogP contribution in [0.4, 0.5) is 9.18 Å². The van der Waals surface area contributed by atoms with Gasteiger partial charge in [-0.3, -0.25) is 28.8 Å². The third kappa shape index (κ3) is 14.7. The first-order valence-electron chi connectivity index (χ1n) is 14.8. The predicted octanol–water partition coefficient (Wildman–Crippen LogP) is 0.615. The van der Waals surface area contributed by atoms with Crippen molar-refractivity contribution in [3.05, 3.63) is 35.9 Å². The van der Waals surface area contributed by atoms with E-state index in [1.54, 1.807) is 38.1 Å². The normalized spacial score (nSPS) is 16.2. The zero-order valence-electron chi connectivity index (χ0n) is 26.4. The van der Waals surface area contributed by atoms with Crippen LogP contribution in [0, 0.1) is 5.92 Å². The Hall–Kier alpha value is -5.09. The largest absolute Gasteiger partial charge is 0.481 e. The lowest BCUT2D eigenvalue weighted by atomic mass is 9.97. The van der Waals surface area contributed by atoms with Gasteiger partial charge < -0.3 is 41.5 Å². The standard InChI is InChI=1S/C28H39N5O10.C2H3FO/c1-3-16(2)23(32-28(42)43-15-17-8-5-4-6-9-17)25(38)30-18(11-12-21(29)34)26(39)33-13-7-10-20(33)24(37)31-19(27(40)41)14-22(35)36;1-2(3)4/h4-6,8-9,16,18-20,23H,3,7,10-15H2,1-2H3,(H2,29,34)(H,30,38)(H,31,37)(H,32,42)(H,35,36)(H,40,41);1H3/t16-,18-,19-,20-,23-;/m0./s1. The number of aliphatic carboxylic acids is 2. The van der Waals surface area contributed by atoms with Gasteiger partial charge in [0, 0.05) is 19.9 Å². The Morgan fingerprint density at radius 3 is 2.17 bits per heavy atom. The molecule has 1 heterocycles. The molecule has 0 aliphatic carbocycles. The van der Waals surface area contributed by atoms with E-state index in [4.69, 9.17) is 20.4 Å². The van der Waals surface area contributed by atoms with E-state index in [0.717, 1.165) is 17.4 Å². The van der Waals surface area contributed by atoms with Gasteiger partial charge >= 0.3 is 18.0 Å². The highest BCUT2D eigenvalue weighted by Crippen LogP contribution is 2.21. The second-order valence-electron chi connectivity index (χ2n) is 10.8. The van der Waals surface area contributed by atoms with Crippen molar-refractivity contribution in [3.8, 4) is 0 Å². The quantitative estimate of drug-likeness (QED) is 0.133. The fourth-order valence-electron chi connectivity index (χ4n) is 4.55. The number of hydrogen-bond acceptors (Lipinski definition) is 9. The van der Waals surface area contributed by atoms with E-state index >= 15 is 0 Å². The molecule has 5 atom stereocenters. The van der Waals surface area contributed by atoms with Gasteiger partial charge in [0.15, 0.2) is 0 Å². The first kappa shape index (κ1) is 39.9. The summed E-state index contributed by atoms with van der Waals surface area (Å²) < 4.78 is 15.6. The maximum Gasteiger partial charge on any atom is 0.408 e. The van der Waals surface area contributed by atoms with E-state index in [0.29, 0.717) is 12.8 Å². The molecule has 5 amide bonds. The number of halogens is 1. The molecule has 1 aromatic carbocycles. The second-order valence-corrected chi connectivity index (χ2v) is 10.8. The maximum atomic E-state index is 13.6. The molecule has 0 bridgehead atoms. The van der Waals surface area contributed by atoms with E-state index in [2.05, 4.69) is 16.0 Å². The van der Waals surface area contributed by atoms with Gasteiger partial charge in [0.25, 0.3) is 6.04 Å². The van der Waals surface area contributed by atoms with E-state index in [9.17, 15) is 43.1 Å². The van der Waals surface area contributed by atoms with Crippen LogP contribution in [-0.4, -0.2) is 93.5 Å². The number of ether oxygens (including phenoxy) is 1. The predicted molar refractivity (Wildman–Crippen MR) is 162 cm³/mol. The Kier molecular flexibility index (Phi) is 17.1. The summed E-state index contributed by atoms with van der Waals surface area (Å²) in [5, 5.41) is 25.5. The van der Waals surface area contributed by atoms with Crippen LogP contribution in [0.15, 0.2) is 30.3 Å². The summed E-state index contributed by atoms with van der Waals surface area (Å²) in [5.41, 5.74) is 6.02. The lowest BCUT2D eigenvalue weighted by molar-refractivity contribution is -0.148. The monoisotopic (exact) mass is 667 g/mol. The van der Waals surface area contributed by atoms with Crippen LogP contribution < -0.4 is 21.7 Å². The molecule has 16 nitrogen and oxygen atoms in total. The number of rotatable bonds is 16. The number of carbonyl (C=O) groups excluding carboxylic acids is 6. The number of carbonyl (C=O) groups is 8. The van der Waals surface area contributed by atoms with Crippen LogP contribution in [-0.2, 0) is 44.9 Å². The smallest absolute Gasteiger partial charge is 0.408 e. The lowest BCUT2D eigenvalue weighted by Gasteiger charge is -2.31. The zero-order chi connectivity index (χ0) is 35.7. The van der Waals surface area contributed by atoms with Crippen molar-refractivity contribution >= 4 is 47.7 Å². The molecule has 0 saturated carbocycles. The number of hydrogen-bond donors (Lipinski definition) is 6. The SMILES string of the molecule is CC(=O)F.CC[C@H](C)[C@H](NC(=O)OCc1ccccc1)C(=O)N[C@@H](CCC(N)=O)C(=O)N1CCC[C@H]1C(=O)N[C@@H](CC(=O)O)C(=O)O. The summed E-state index contributed by atoms with van der Waals surface area (Å²) >= 11 is 0. The van der Waals surface area contributed by atoms with Crippen molar-refractivity contribution in [1.82, 2.24) is 20.9 Å².